The Bertz CT molecular complexity index is 390. The lowest BCUT2D eigenvalue weighted by Crippen LogP contribution is -2.45. The van der Waals surface area contributed by atoms with Gasteiger partial charge in [0.05, 0.1) is 6.54 Å². The quantitative estimate of drug-likeness (QED) is 0.852. The third kappa shape index (κ3) is 3.40. The van der Waals surface area contributed by atoms with Crippen LogP contribution in [-0.4, -0.2) is 34.0 Å². The molecule has 2 atom stereocenters. The van der Waals surface area contributed by atoms with Gasteiger partial charge in [-0.2, -0.15) is 0 Å². The summed E-state index contributed by atoms with van der Waals surface area (Å²) in [5.74, 6) is 1.56. The van der Waals surface area contributed by atoms with Crippen LogP contribution in [0.1, 0.15) is 31.3 Å². The SMILES string of the molecule is Cc1cc(Cl)nc(CN2CCC(C)CC2CN)n1. The molecule has 0 amide bonds. The summed E-state index contributed by atoms with van der Waals surface area (Å²) in [6.07, 6.45) is 2.38. The number of aryl methyl sites for hydroxylation is 1. The molecule has 4 nitrogen and oxygen atoms in total. The van der Waals surface area contributed by atoms with E-state index in [1.165, 1.54) is 6.42 Å². The maximum absolute atomic E-state index is 5.97. The molecule has 2 N–H and O–H groups in total. The first-order chi connectivity index (χ1) is 8.58. The second kappa shape index (κ2) is 5.95. The summed E-state index contributed by atoms with van der Waals surface area (Å²) in [6, 6.07) is 2.22. The highest BCUT2D eigenvalue weighted by atomic mass is 35.5. The molecule has 2 rings (SSSR count). The van der Waals surface area contributed by atoms with E-state index in [-0.39, 0.29) is 0 Å². The fraction of sp³-hybridized carbons (Fsp3) is 0.692. The average Bonchev–Trinajstić information content (AvgIpc) is 2.30. The maximum atomic E-state index is 5.97. The average molecular weight is 269 g/mol. The number of piperidine rings is 1. The molecular weight excluding hydrogens is 248 g/mol. The predicted molar refractivity (Wildman–Crippen MR) is 73.4 cm³/mol. The number of hydrogen-bond acceptors (Lipinski definition) is 4. The molecule has 0 radical (unpaired) electrons. The van der Waals surface area contributed by atoms with Gasteiger partial charge >= 0.3 is 0 Å². The summed E-state index contributed by atoms with van der Waals surface area (Å²) < 4.78 is 0. The van der Waals surface area contributed by atoms with Crippen molar-refractivity contribution in [3.05, 3.63) is 22.7 Å². The molecule has 2 heterocycles. The number of nitrogens with zero attached hydrogens (tertiary/aromatic N) is 3. The van der Waals surface area contributed by atoms with E-state index in [2.05, 4.69) is 21.8 Å². The summed E-state index contributed by atoms with van der Waals surface area (Å²) >= 11 is 5.97. The molecule has 1 aliphatic rings. The molecule has 100 valence electrons. The lowest BCUT2D eigenvalue weighted by Gasteiger charge is -2.37. The van der Waals surface area contributed by atoms with Crippen molar-refractivity contribution in [2.24, 2.45) is 11.7 Å². The van der Waals surface area contributed by atoms with Crippen molar-refractivity contribution in [2.45, 2.75) is 39.3 Å². The molecule has 1 saturated heterocycles. The first-order valence-electron chi connectivity index (χ1n) is 6.52. The Morgan fingerprint density at radius 2 is 2.28 bits per heavy atom. The van der Waals surface area contributed by atoms with Crippen LogP contribution in [0, 0.1) is 12.8 Å². The minimum Gasteiger partial charge on any atom is -0.329 e. The molecule has 5 heteroatoms. The van der Waals surface area contributed by atoms with Crippen LogP contribution in [0.5, 0.6) is 0 Å². The molecule has 0 aromatic carbocycles. The Morgan fingerprint density at radius 1 is 1.50 bits per heavy atom. The van der Waals surface area contributed by atoms with Gasteiger partial charge in [-0.05, 0) is 38.3 Å². The lowest BCUT2D eigenvalue weighted by atomic mass is 9.92. The van der Waals surface area contributed by atoms with Gasteiger partial charge in [0.25, 0.3) is 0 Å². The number of rotatable bonds is 3. The van der Waals surface area contributed by atoms with Crippen molar-refractivity contribution < 1.29 is 0 Å². The molecule has 1 aromatic rings. The van der Waals surface area contributed by atoms with Crippen molar-refractivity contribution >= 4 is 11.6 Å². The highest BCUT2D eigenvalue weighted by Gasteiger charge is 2.25. The Balaban J connectivity index is 2.07. The standard InChI is InChI=1S/C13H21ClN4/c1-9-3-4-18(11(5-9)7-15)8-13-16-10(2)6-12(14)17-13/h6,9,11H,3-5,7-8,15H2,1-2H3. The van der Waals surface area contributed by atoms with Crippen LogP contribution in [0.15, 0.2) is 6.07 Å². The van der Waals surface area contributed by atoms with Gasteiger partial charge in [0, 0.05) is 18.3 Å². The van der Waals surface area contributed by atoms with E-state index in [1.807, 2.05) is 6.92 Å². The number of aromatic nitrogens is 2. The van der Waals surface area contributed by atoms with E-state index in [0.717, 1.165) is 36.9 Å². The van der Waals surface area contributed by atoms with E-state index in [1.54, 1.807) is 6.07 Å². The maximum Gasteiger partial charge on any atom is 0.144 e. The van der Waals surface area contributed by atoms with Crippen molar-refractivity contribution in [3.8, 4) is 0 Å². The number of halogens is 1. The molecule has 2 unspecified atom stereocenters. The Hall–Kier alpha value is -0.710. The zero-order chi connectivity index (χ0) is 13.1. The lowest BCUT2D eigenvalue weighted by molar-refractivity contribution is 0.112. The molecule has 1 fully saturated rings. The summed E-state index contributed by atoms with van der Waals surface area (Å²) in [5, 5.41) is 0.521. The number of hydrogen-bond donors (Lipinski definition) is 1. The third-order valence-corrected chi connectivity index (χ3v) is 3.78. The smallest absolute Gasteiger partial charge is 0.144 e. The monoisotopic (exact) mass is 268 g/mol. The van der Waals surface area contributed by atoms with Gasteiger partial charge in [-0.3, -0.25) is 4.90 Å². The van der Waals surface area contributed by atoms with Gasteiger partial charge in [-0.25, -0.2) is 9.97 Å². The van der Waals surface area contributed by atoms with Crippen LogP contribution in [0.2, 0.25) is 5.15 Å². The largest absolute Gasteiger partial charge is 0.329 e. The van der Waals surface area contributed by atoms with Gasteiger partial charge < -0.3 is 5.73 Å². The number of likely N-dealkylation sites (tertiary alicyclic amines) is 1. The van der Waals surface area contributed by atoms with Gasteiger partial charge in [-0.15, -0.1) is 0 Å². The Labute approximate surface area is 114 Å². The van der Waals surface area contributed by atoms with Crippen molar-refractivity contribution in [1.82, 2.24) is 14.9 Å². The minimum absolute atomic E-state index is 0.441. The molecule has 1 aliphatic heterocycles. The van der Waals surface area contributed by atoms with E-state index < -0.39 is 0 Å². The topological polar surface area (TPSA) is 55.0 Å². The van der Waals surface area contributed by atoms with Crippen LogP contribution < -0.4 is 5.73 Å². The molecular formula is C13H21ClN4. The Kier molecular flexibility index (Phi) is 4.54. The second-order valence-corrected chi connectivity index (χ2v) is 5.63. The fourth-order valence-corrected chi connectivity index (χ4v) is 2.85. The van der Waals surface area contributed by atoms with Crippen LogP contribution in [0.3, 0.4) is 0 Å². The third-order valence-electron chi connectivity index (χ3n) is 3.59. The zero-order valence-electron chi connectivity index (χ0n) is 11.1. The Morgan fingerprint density at radius 3 is 2.94 bits per heavy atom. The minimum atomic E-state index is 0.441. The fourth-order valence-electron chi connectivity index (χ4n) is 2.59. The van der Waals surface area contributed by atoms with Crippen molar-refractivity contribution in [1.29, 1.82) is 0 Å². The molecule has 0 aliphatic carbocycles. The highest BCUT2D eigenvalue weighted by Crippen LogP contribution is 2.23. The molecule has 1 aromatic heterocycles. The first-order valence-corrected chi connectivity index (χ1v) is 6.90. The van der Waals surface area contributed by atoms with Crippen LogP contribution in [0.25, 0.3) is 0 Å². The normalized spacial score (nSPS) is 25.3. The molecule has 0 bridgehead atoms. The van der Waals surface area contributed by atoms with Gasteiger partial charge in [0.1, 0.15) is 11.0 Å². The summed E-state index contributed by atoms with van der Waals surface area (Å²) in [5.41, 5.74) is 6.78. The summed E-state index contributed by atoms with van der Waals surface area (Å²) in [7, 11) is 0. The first kappa shape index (κ1) is 13.7. The summed E-state index contributed by atoms with van der Waals surface area (Å²) in [6.45, 7) is 6.74. The van der Waals surface area contributed by atoms with Gasteiger partial charge in [-0.1, -0.05) is 18.5 Å². The second-order valence-electron chi connectivity index (χ2n) is 5.24. The zero-order valence-corrected chi connectivity index (χ0v) is 11.8. The predicted octanol–water partition coefficient (Wildman–Crippen LogP) is 2.00. The van der Waals surface area contributed by atoms with E-state index in [9.17, 15) is 0 Å². The van der Waals surface area contributed by atoms with Crippen LogP contribution >= 0.6 is 11.6 Å². The van der Waals surface area contributed by atoms with Crippen molar-refractivity contribution in [2.75, 3.05) is 13.1 Å². The molecule has 0 spiro atoms. The van der Waals surface area contributed by atoms with E-state index >= 15 is 0 Å². The van der Waals surface area contributed by atoms with Gasteiger partial charge in [0.2, 0.25) is 0 Å². The van der Waals surface area contributed by atoms with Crippen LogP contribution in [-0.2, 0) is 6.54 Å². The summed E-state index contributed by atoms with van der Waals surface area (Å²) in [4.78, 5) is 11.1. The van der Waals surface area contributed by atoms with Gasteiger partial charge in [0.15, 0.2) is 0 Å². The van der Waals surface area contributed by atoms with E-state index in [0.29, 0.717) is 17.7 Å². The van der Waals surface area contributed by atoms with Crippen LogP contribution in [0.4, 0.5) is 0 Å². The molecule has 0 saturated carbocycles. The van der Waals surface area contributed by atoms with Crippen molar-refractivity contribution in [3.63, 3.8) is 0 Å². The molecule has 18 heavy (non-hydrogen) atoms. The highest BCUT2D eigenvalue weighted by molar-refractivity contribution is 6.29. The number of nitrogens with two attached hydrogens (primary N) is 1. The van der Waals surface area contributed by atoms with E-state index in [4.69, 9.17) is 17.3 Å².